The Kier molecular flexibility index (Phi) is 4.26. The topological polar surface area (TPSA) is 26.3 Å². The molecule has 0 bridgehead atoms. The molecule has 0 aliphatic rings. The van der Waals surface area contributed by atoms with Crippen molar-refractivity contribution in [2.45, 2.75) is 6.92 Å². The lowest BCUT2D eigenvalue weighted by atomic mass is 10.1. The third-order valence-electron chi connectivity index (χ3n) is 1.77. The van der Waals surface area contributed by atoms with E-state index in [-0.39, 0.29) is 6.61 Å². The predicted molar refractivity (Wildman–Crippen MR) is 49.7 cm³/mol. The Labute approximate surface area is 98.4 Å². The summed E-state index contributed by atoms with van der Waals surface area (Å²) in [5.74, 6) is -8.70. The minimum atomic E-state index is -2.29. The number of halogens is 5. The maximum atomic E-state index is 13.1. The zero-order valence-electron chi connectivity index (χ0n) is 8.91. The van der Waals surface area contributed by atoms with E-state index in [0.29, 0.717) is 0 Å². The Bertz CT molecular complexity index is 528. The minimum Gasteiger partial charge on any atom is -0.456 e. The highest BCUT2D eigenvalue weighted by Gasteiger charge is 2.24. The SMILES string of the molecule is CCOC(=O)C#Cc1c(F)c(F)c(F)c(F)c1F. The highest BCUT2D eigenvalue weighted by molar-refractivity contribution is 5.89. The fourth-order valence-electron chi connectivity index (χ4n) is 0.995. The summed E-state index contributed by atoms with van der Waals surface area (Å²) >= 11 is 0. The molecule has 0 aromatic heterocycles. The van der Waals surface area contributed by atoms with Crippen molar-refractivity contribution in [3.63, 3.8) is 0 Å². The number of hydrogen-bond acceptors (Lipinski definition) is 2. The van der Waals surface area contributed by atoms with Gasteiger partial charge in [-0.1, -0.05) is 0 Å². The smallest absolute Gasteiger partial charge is 0.384 e. The molecule has 0 saturated heterocycles. The number of esters is 1. The van der Waals surface area contributed by atoms with Crippen molar-refractivity contribution in [1.82, 2.24) is 0 Å². The molecule has 0 aliphatic heterocycles. The Balaban J connectivity index is 3.30. The lowest BCUT2D eigenvalue weighted by Gasteiger charge is -2.02. The summed E-state index contributed by atoms with van der Waals surface area (Å²) in [6, 6.07) is 0. The fourth-order valence-corrected chi connectivity index (χ4v) is 0.995. The van der Waals surface area contributed by atoms with E-state index in [1.54, 1.807) is 11.8 Å². The van der Waals surface area contributed by atoms with Gasteiger partial charge in [0, 0.05) is 5.92 Å². The molecule has 1 aromatic rings. The first kappa shape index (κ1) is 14.0. The highest BCUT2D eigenvalue weighted by Crippen LogP contribution is 2.22. The fraction of sp³-hybridized carbons (Fsp3) is 0.182. The molecule has 1 rings (SSSR count). The Hall–Kier alpha value is -2.10. The van der Waals surface area contributed by atoms with Crippen LogP contribution >= 0.6 is 0 Å². The summed E-state index contributed by atoms with van der Waals surface area (Å²) < 4.78 is 68.5. The molecule has 0 radical (unpaired) electrons. The van der Waals surface area contributed by atoms with Gasteiger partial charge in [-0.15, -0.1) is 0 Å². The first-order chi connectivity index (χ1) is 8.40. The number of hydrogen-bond donors (Lipinski definition) is 0. The van der Waals surface area contributed by atoms with Gasteiger partial charge >= 0.3 is 5.97 Å². The average molecular weight is 264 g/mol. The standard InChI is InChI=1S/C11H5F5O2/c1-2-18-6(17)4-3-5-7(12)9(14)11(16)10(15)8(5)13/h2H2,1H3. The molecule has 0 aliphatic carbocycles. The molecule has 18 heavy (non-hydrogen) atoms. The van der Waals surface area contributed by atoms with E-state index in [1.165, 1.54) is 6.92 Å². The van der Waals surface area contributed by atoms with Crippen LogP contribution in [0.25, 0.3) is 0 Å². The summed E-state index contributed by atoms with van der Waals surface area (Å²) in [4.78, 5) is 10.8. The van der Waals surface area contributed by atoms with Crippen molar-refractivity contribution in [3.05, 3.63) is 34.6 Å². The van der Waals surface area contributed by atoms with Crippen molar-refractivity contribution in [1.29, 1.82) is 0 Å². The van der Waals surface area contributed by atoms with Crippen molar-refractivity contribution in [2.24, 2.45) is 0 Å². The molecule has 0 heterocycles. The summed E-state index contributed by atoms with van der Waals surface area (Å²) in [7, 11) is 0. The monoisotopic (exact) mass is 264 g/mol. The van der Waals surface area contributed by atoms with Crippen LogP contribution < -0.4 is 0 Å². The zero-order valence-corrected chi connectivity index (χ0v) is 8.91. The van der Waals surface area contributed by atoms with Crippen LogP contribution in [0.2, 0.25) is 0 Å². The van der Waals surface area contributed by atoms with Gasteiger partial charge in [-0.2, -0.15) is 0 Å². The molecule has 0 fully saturated rings. The van der Waals surface area contributed by atoms with Gasteiger partial charge in [-0.3, -0.25) is 0 Å². The number of rotatable bonds is 1. The van der Waals surface area contributed by atoms with Gasteiger partial charge in [-0.05, 0) is 12.8 Å². The zero-order chi connectivity index (χ0) is 13.9. The first-order valence-corrected chi connectivity index (χ1v) is 4.60. The molecule has 0 N–H and O–H groups in total. The molecule has 0 atom stereocenters. The van der Waals surface area contributed by atoms with E-state index in [4.69, 9.17) is 0 Å². The lowest BCUT2D eigenvalue weighted by molar-refractivity contribution is -0.136. The maximum absolute atomic E-state index is 13.1. The molecule has 0 saturated carbocycles. The van der Waals surface area contributed by atoms with Crippen molar-refractivity contribution in [3.8, 4) is 11.8 Å². The molecule has 96 valence electrons. The van der Waals surface area contributed by atoms with E-state index in [1.807, 2.05) is 0 Å². The van der Waals surface area contributed by atoms with Crippen LogP contribution in [-0.4, -0.2) is 12.6 Å². The Morgan fingerprint density at radius 2 is 1.44 bits per heavy atom. The number of benzene rings is 1. The maximum Gasteiger partial charge on any atom is 0.384 e. The summed E-state index contributed by atoms with van der Waals surface area (Å²) in [5.41, 5.74) is -1.38. The van der Waals surface area contributed by atoms with Gasteiger partial charge in [0.1, 0.15) is 5.56 Å². The summed E-state index contributed by atoms with van der Waals surface area (Å²) in [6.45, 7) is 1.42. The van der Waals surface area contributed by atoms with Crippen LogP contribution in [0, 0.1) is 40.9 Å². The summed E-state index contributed by atoms with van der Waals surface area (Å²) in [5, 5.41) is 0. The third-order valence-corrected chi connectivity index (χ3v) is 1.77. The van der Waals surface area contributed by atoms with E-state index in [0.717, 1.165) is 0 Å². The first-order valence-electron chi connectivity index (χ1n) is 4.60. The van der Waals surface area contributed by atoms with Crippen LogP contribution in [0.1, 0.15) is 12.5 Å². The van der Waals surface area contributed by atoms with E-state index in [9.17, 15) is 26.7 Å². The normalized spacial score (nSPS) is 9.67. The van der Waals surface area contributed by atoms with Crippen LogP contribution in [0.15, 0.2) is 0 Å². The predicted octanol–water partition coefficient (Wildman–Crippen LogP) is 2.30. The number of carbonyl (C=O) groups is 1. The van der Waals surface area contributed by atoms with Crippen molar-refractivity contribution >= 4 is 5.97 Å². The largest absolute Gasteiger partial charge is 0.456 e. The second-order valence-electron chi connectivity index (χ2n) is 2.92. The quantitative estimate of drug-likeness (QED) is 0.256. The minimum absolute atomic E-state index is 0.0371. The van der Waals surface area contributed by atoms with E-state index < -0.39 is 40.6 Å². The Morgan fingerprint density at radius 3 is 1.89 bits per heavy atom. The molecule has 0 amide bonds. The van der Waals surface area contributed by atoms with Gasteiger partial charge in [0.15, 0.2) is 23.3 Å². The molecule has 0 spiro atoms. The second kappa shape index (κ2) is 5.49. The van der Waals surface area contributed by atoms with Gasteiger partial charge in [0.2, 0.25) is 5.82 Å². The van der Waals surface area contributed by atoms with Gasteiger partial charge < -0.3 is 4.74 Å². The Morgan fingerprint density at radius 1 is 1.00 bits per heavy atom. The summed E-state index contributed by atoms with van der Waals surface area (Å²) in [6.07, 6.45) is 0. The molecule has 7 heteroatoms. The molecule has 2 nitrogen and oxygen atoms in total. The third kappa shape index (κ3) is 2.59. The molecular formula is C11H5F5O2. The second-order valence-corrected chi connectivity index (χ2v) is 2.92. The van der Waals surface area contributed by atoms with Crippen molar-refractivity contribution < 1.29 is 31.5 Å². The van der Waals surface area contributed by atoms with Crippen LogP contribution in [0.5, 0.6) is 0 Å². The average Bonchev–Trinajstić information content (AvgIpc) is 2.34. The molecule has 1 aromatic carbocycles. The van der Waals surface area contributed by atoms with Gasteiger partial charge in [0.25, 0.3) is 0 Å². The molecular weight excluding hydrogens is 259 g/mol. The number of carbonyl (C=O) groups excluding carboxylic acids is 1. The van der Waals surface area contributed by atoms with Crippen LogP contribution in [-0.2, 0) is 9.53 Å². The van der Waals surface area contributed by atoms with E-state index in [2.05, 4.69) is 4.74 Å². The van der Waals surface area contributed by atoms with Crippen molar-refractivity contribution in [2.75, 3.05) is 6.61 Å². The van der Waals surface area contributed by atoms with E-state index >= 15 is 0 Å². The number of ether oxygens (including phenoxy) is 1. The lowest BCUT2D eigenvalue weighted by Crippen LogP contribution is -2.05. The van der Waals surface area contributed by atoms with Gasteiger partial charge in [0.05, 0.1) is 6.61 Å². The van der Waals surface area contributed by atoms with Gasteiger partial charge in [-0.25, -0.2) is 26.7 Å². The van der Waals surface area contributed by atoms with Crippen LogP contribution in [0.4, 0.5) is 22.0 Å². The van der Waals surface area contributed by atoms with Crippen LogP contribution in [0.3, 0.4) is 0 Å². The highest BCUT2D eigenvalue weighted by atomic mass is 19.2. The molecule has 0 unspecified atom stereocenters.